The van der Waals surface area contributed by atoms with E-state index in [1.165, 1.54) is 24.8 Å². The molecule has 1 N–H and O–H groups in total. The molecule has 126 valence electrons. The Morgan fingerprint density at radius 3 is 3.04 bits per heavy atom. The number of hydrogen-bond acceptors (Lipinski definition) is 4. The molecule has 1 aromatic heterocycles. The van der Waals surface area contributed by atoms with Crippen LogP contribution >= 0.6 is 11.3 Å². The number of thiophene rings is 1. The summed E-state index contributed by atoms with van der Waals surface area (Å²) in [5.74, 6) is 1.42. The maximum atomic E-state index is 12.3. The lowest BCUT2D eigenvalue weighted by Crippen LogP contribution is -2.60. The van der Waals surface area contributed by atoms with Gasteiger partial charge in [-0.25, -0.2) is 0 Å². The van der Waals surface area contributed by atoms with Gasteiger partial charge in [0.2, 0.25) is 5.91 Å². The van der Waals surface area contributed by atoms with Crippen molar-refractivity contribution in [3.63, 3.8) is 0 Å². The Morgan fingerprint density at radius 1 is 1.35 bits per heavy atom. The van der Waals surface area contributed by atoms with Crippen molar-refractivity contribution in [3.8, 4) is 0 Å². The Morgan fingerprint density at radius 2 is 2.26 bits per heavy atom. The molecule has 4 nitrogen and oxygen atoms in total. The highest BCUT2D eigenvalue weighted by atomic mass is 32.1. The maximum absolute atomic E-state index is 12.3. The molecule has 3 atom stereocenters. The number of hydrogen-bond donors (Lipinski definition) is 1. The molecular formula is C18H26N2O2S. The van der Waals surface area contributed by atoms with Gasteiger partial charge in [0.25, 0.3) is 0 Å². The number of ether oxygens (including phenoxy) is 1. The van der Waals surface area contributed by atoms with Gasteiger partial charge in [0, 0.05) is 32.7 Å². The monoisotopic (exact) mass is 334 g/mol. The number of nitrogens with one attached hydrogen (secondary N) is 1. The number of carbonyl (C=O) groups is 1. The summed E-state index contributed by atoms with van der Waals surface area (Å²) >= 11 is 1.76. The summed E-state index contributed by atoms with van der Waals surface area (Å²) in [5, 5.41) is 7.66. The Labute approximate surface area is 142 Å². The molecule has 0 aromatic carbocycles. The lowest BCUT2D eigenvalue weighted by molar-refractivity contribution is -0.128. The fourth-order valence-corrected chi connectivity index (χ4v) is 4.70. The number of rotatable bonds is 5. The van der Waals surface area contributed by atoms with Gasteiger partial charge in [0.05, 0.1) is 12.1 Å². The molecular weight excluding hydrogens is 308 g/mol. The number of fused-ring (bicyclic) bond motifs is 1. The zero-order chi connectivity index (χ0) is 15.6. The quantitative estimate of drug-likeness (QED) is 0.900. The van der Waals surface area contributed by atoms with Gasteiger partial charge in [0.15, 0.2) is 0 Å². The Kier molecular flexibility index (Phi) is 4.69. The fraction of sp³-hybridized carbons (Fsp3) is 0.722. The summed E-state index contributed by atoms with van der Waals surface area (Å²) in [4.78, 5) is 14.8. The average Bonchev–Trinajstić information content (AvgIpc) is 3.20. The van der Waals surface area contributed by atoms with Gasteiger partial charge >= 0.3 is 0 Å². The molecule has 1 aliphatic carbocycles. The first kappa shape index (κ1) is 15.6. The Hall–Kier alpha value is -0.910. The lowest BCUT2D eigenvalue weighted by atomic mass is 9.85. The Balaban J connectivity index is 1.41. The molecule has 3 heterocycles. The largest absolute Gasteiger partial charge is 0.376 e. The van der Waals surface area contributed by atoms with E-state index in [1.54, 1.807) is 11.3 Å². The molecule has 0 radical (unpaired) electrons. The summed E-state index contributed by atoms with van der Waals surface area (Å²) in [6.45, 7) is 3.84. The number of amides is 1. The normalized spacial score (nSPS) is 31.6. The van der Waals surface area contributed by atoms with E-state index in [4.69, 9.17) is 4.74 Å². The first-order chi connectivity index (χ1) is 11.3. The zero-order valence-corrected chi connectivity index (χ0v) is 14.4. The standard InChI is InChI=1S/C18H26N2O2S/c21-17(8-13-3-4-13)19-16-11-20(9-14-5-7-23-12-14)10-15-2-1-6-22-18(15)16/h5,7,12-13,15-16,18H,1-4,6,8-11H2,(H,19,21)/t15-,16+,18-/m0/s1. The third kappa shape index (κ3) is 3.95. The van der Waals surface area contributed by atoms with Crippen LogP contribution in [-0.4, -0.2) is 42.6 Å². The van der Waals surface area contributed by atoms with E-state index >= 15 is 0 Å². The van der Waals surface area contributed by atoms with Crippen molar-refractivity contribution in [1.29, 1.82) is 0 Å². The first-order valence-corrected chi connectivity index (χ1v) is 9.86. The topological polar surface area (TPSA) is 41.6 Å². The van der Waals surface area contributed by atoms with Gasteiger partial charge in [-0.05, 0) is 59.9 Å². The van der Waals surface area contributed by atoms with Gasteiger partial charge in [0.1, 0.15) is 0 Å². The van der Waals surface area contributed by atoms with E-state index in [2.05, 4.69) is 27.0 Å². The van der Waals surface area contributed by atoms with Crippen LogP contribution in [0.25, 0.3) is 0 Å². The van der Waals surface area contributed by atoms with Crippen LogP contribution in [0.4, 0.5) is 0 Å². The molecule has 3 fully saturated rings. The van der Waals surface area contributed by atoms with Crippen LogP contribution < -0.4 is 5.32 Å². The lowest BCUT2D eigenvalue weighted by Gasteiger charge is -2.46. The minimum atomic E-state index is 0.152. The molecule has 1 saturated carbocycles. The molecule has 3 aliphatic rings. The fourth-order valence-electron chi connectivity index (χ4n) is 4.04. The van der Waals surface area contributed by atoms with Crippen LogP contribution in [0.3, 0.4) is 0 Å². The van der Waals surface area contributed by atoms with Gasteiger partial charge in [-0.3, -0.25) is 9.69 Å². The number of nitrogens with zero attached hydrogens (tertiary/aromatic N) is 1. The van der Waals surface area contributed by atoms with Crippen LogP contribution in [0.1, 0.15) is 37.7 Å². The molecule has 4 rings (SSSR count). The van der Waals surface area contributed by atoms with E-state index in [9.17, 15) is 4.79 Å². The van der Waals surface area contributed by atoms with Crippen molar-refractivity contribution in [2.75, 3.05) is 19.7 Å². The highest BCUT2D eigenvalue weighted by molar-refractivity contribution is 7.07. The summed E-state index contributed by atoms with van der Waals surface area (Å²) in [6, 6.07) is 2.35. The van der Waals surface area contributed by atoms with E-state index < -0.39 is 0 Å². The third-order valence-electron chi connectivity index (χ3n) is 5.34. The highest BCUT2D eigenvalue weighted by Crippen LogP contribution is 2.33. The third-order valence-corrected chi connectivity index (χ3v) is 6.07. The van der Waals surface area contributed by atoms with Crippen molar-refractivity contribution >= 4 is 17.2 Å². The SMILES string of the molecule is O=C(CC1CC1)N[C@@H]1CN(Cc2ccsc2)C[C@@H]2CCCO[C@@H]21. The minimum Gasteiger partial charge on any atom is -0.376 e. The number of likely N-dealkylation sites (tertiary alicyclic amines) is 1. The van der Waals surface area contributed by atoms with E-state index in [1.807, 2.05) is 0 Å². The van der Waals surface area contributed by atoms with Gasteiger partial charge < -0.3 is 10.1 Å². The van der Waals surface area contributed by atoms with E-state index in [0.717, 1.165) is 32.7 Å². The predicted molar refractivity (Wildman–Crippen MR) is 91.3 cm³/mol. The van der Waals surface area contributed by atoms with E-state index in [0.29, 0.717) is 18.3 Å². The average molecular weight is 334 g/mol. The van der Waals surface area contributed by atoms with Crippen molar-refractivity contribution in [2.45, 2.75) is 50.8 Å². The molecule has 1 aromatic rings. The smallest absolute Gasteiger partial charge is 0.220 e. The zero-order valence-electron chi connectivity index (χ0n) is 13.6. The second-order valence-electron chi connectivity index (χ2n) is 7.38. The highest BCUT2D eigenvalue weighted by Gasteiger charge is 2.40. The van der Waals surface area contributed by atoms with Gasteiger partial charge in [-0.15, -0.1) is 0 Å². The van der Waals surface area contributed by atoms with E-state index in [-0.39, 0.29) is 18.1 Å². The van der Waals surface area contributed by atoms with Crippen molar-refractivity contribution in [2.24, 2.45) is 11.8 Å². The molecule has 23 heavy (non-hydrogen) atoms. The Bertz CT molecular complexity index is 529. The summed E-state index contributed by atoms with van der Waals surface area (Å²) in [7, 11) is 0. The molecule has 2 saturated heterocycles. The molecule has 0 spiro atoms. The minimum absolute atomic E-state index is 0.152. The van der Waals surface area contributed by atoms with Crippen LogP contribution in [-0.2, 0) is 16.1 Å². The summed E-state index contributed by atoms with van der Waals surface area (Å²) in [6.07, 6.45) is 5.75. The summed E-state index contributed by atoms with van der Waals surface area (Å²) in [5.41, 5.74) is 1.38. The number of piperidine rings is 1. The van der Waals surface area contributed by atoms with Crippen LogP contribution in [0.5, 0.6) is 0 Å². The predicted octanol–water partition coefficient (Wildman–Crippen LogP) is 2.64. The summed E-state index contributed by atoms with van der Waals surface area (Å²) < 4.78 is 6.06. The van der Waals surface area contributed by atoms with Crippen LogP contribution in [0, 0.1) is 11.8 Å². The molecule has 0 unspecified atom stereocenters. The van der Waals surface area contributed by atoms with Gasteiger partial charge in [-0.2, -0.15) is 11.3 Å². The first-order valence-electron chi connectivity index (χ1n) is 8.92. The maximum Gasteiger partial charge on any atom is 0.220 e. The molecule has 0 bridgehead atoms. The van der Waals surface area contributed by atoms with Crippen molar-refractivity contribution in [3.05, 3.63) is 22.4 Å². The second kappa shape index (κ2) is 6.91. The van der Waals surface area contributed by atoms with Crippen LogP contribution in [0.15, 0.2) is 16.8 Å². The van der Waals surface area contributed by atoms with Crippen LogP contribution in [0.2, 0.25) is 0 Å². The molecule has 5 heteroatoms. The number of carbonyl (C=O) groups excluding carboxylic acids is 1. The van der Waals surface area contributed by atoms with Gasteiger partial charge in [-0.1, -0.05) is 0 Å². The van der Waals surface area contributed by atoms with Crippen molar-refractivity contribution in [1.82, 2.24) is 10.2 Å². The van der Waals surface area contributed by atoms with Crippen molar-refractivity contribution < 1.29 is 9.53 Å². The molecule has 2 aliphatic heterocycles. The second-order valence-corrected chi connectivity index (χ2v) is 8.16. The molecule has 1 amide bonds.